The van der Waals surface area contributed by atoms with Gasteiger partial charge in [0, 0.05) is 6.54 Å². The van der Waals surface area contributed by atoms with Gasteiger partial charge in [0.2, 0.25) is 0 Å². The van der Waals surface area contributed by atoms with Gasteiger partial charge in [0.1, 0.15) is 0 Å². The summed E-state index contributed by atoms with van der Waals surface area (Å²) in [6, 6.07) is -0.530. The topological polar surface area (TPSA) is 83.6 Å². The van der Waals surface area contributed by atoms with Crippen LogP contribution in [0.5, 0.6) is 0 Å². The quantitative estimate of drug-likeness (QED) is 0.638. The smallest absolute Gasteiger partial charge is 0.407 e. The molecule has 1 amide bonds. The summed E-state index contributed by atoms with van der Waals surface area (Å²) in [5, 5.41) is 8.65. The number of hydrogen-bond donors (Lipinski definition) is 2. The molecule has 1 heterocycles. The molecule has 74 valence electrons. The van der Waals surface area contributed by atoms with Crippen LogP contribution in [0.1, 0.15) is 20.3 Å². The van der Waals surface area contributed by atoms with Gasteiger partial charge in [-0.3, -0.25) is 9.69 Å². The van der Waals surface area contributed by atoms with E-state index in [0.717, 1.165) is 4.90 Å². The van der Waals surface area contributed by atoms with Crippen molar-refractivity contribution in [2.75, 3.05) is 6.54 Å². The molecule has 1 aliphatic heterocycles. The lowest BCUT2D eigenvalue weighted by atomic mass is 9.88. The standard InChI is InChI=1S/C8H14N2O3/c1-8(2,9)6(11)5-3-4-10(5)7(12)13/h5H,3-4,9H2,1-2H3,(H,12,13). The maximum absolute atomic E-state index is 11.5. The summed E-state index contributed by atoms with van der Waals surface area (Å²) < 4.78 is 0. The van der Waals surface area contributed by atoms with Crippen LogP contribution in [-0.4, -0.2) is 40.0 Å². The molecule has 0 radical (unpaired) electrons. The first-order valence-corrected chi connectivity index (χ1v) is 4.17. The summed E-state index contributed by atoms with van der Waals surface area (Å²) in [4.78, 5) is 23.2. The minimum atomic E-state index is -1.05. The third-order valence-electron chi connectivity index (χ3n) is 2.20. The van der Waals surface area contributed by atoms with Crippen molar-refractivity contribution in [2.45, 2.75) is 31.8 Å². The number of ketones is 1. The fourth-order valence-corrected chi connectivity index (χ4v) is 1.32. The van der Waals surface area contributed by atoms with Gasteiger partial charge in [0.25, 0.3) is 0 Å². The van der Waals surface area contributed by atoms with Crippen LogP contribution in [0.3, 0.4) is 0 Å². The molecule has 0 aromatic carbocycles. The predicted molar refractivity (Wildman–Crippen MR) is 46.4 cm³/mol. The van der Waals surface area contributed by atoms with Gasteiger partial charge in [-0.1, -0.05) is 0 Å². The van der Waals surface area contributed by atoms with Crippen LogP contribution < -0.4 is 5.73 Å². The molecular formula is C8H14N2O3. The molecule has 5 nitrogen and oxygen atoms in total. The van der Waals surface area contributed by atoms with Crippen molar-refractivity contribution in [1.29, 1.82) is 0 Å². The first-order valence-electron chi connectivity index (χ1n) is 4.17. The second kappa shape index (κ2) is 2.99. The Hall–Kier alpha value is -1.10. The molecule has 0 saturated carbocycles. The maximum Gasteiger partial charge on any atom is 0.407 e. The Morgan fingerprint density at radius 3 is 2.31 bits per heavy atom. The molecule has 0 spiro atoms. The second-order valence-corrected chi connectivity index (χ2v) is 3.87. The van der Waals surface area contributed by atoms with Gasteiger partial charge in [-0.15, -0.1) is 0 Å². The van der Waals surface area contributed by atoms with Crippen molar-refractivity contribution in [3.05, 3.63) is 0 Å². The molecule has 13 heavy (non-hydrogen) atoms. The lowest BCUT2D eigenvalue weighted by Crippen LogP contribution is -2.61. The second-order valence-electron chi connectivity index (χ2n) is 3.87. The molecule has 1 saturated heterocycles. The van der Waals surface area contributed by atoms with Gasteiger partial charge in [-0.2, -0.15) is 0 Å². The summed E-state index contributed by atoms with van der Waals surface area (Å²) >= 11 is 0. The zero-order valence-corrected chi connectivity index (χ0v) is 7.78. The van der Waals surface area contributed by atoms with Gasteiger partial charge in [-0.05, 0) is 20.3 Å². The van der Waals surface area contributed by atoms with Crippen LogP contribution in [0.25, 0.3) is 0 Å². The van der Waals surface area contributed by atoms with Gasteiger partial charge in [-0.25, -0.2) is 4.79 Å². The van der Waals surface area contributed by atoms with E-state index in [-0.39, 0.29) is 5.78 Å². The molecule has 1 rings (SSSR count). The Labute approximate surface area is 76.5 Å². The number of carbonyl (C=O) groups is 2. The van der Waals surface area contributed by atoms with Gasteiger partial charge in [0.05, 0.1) is 11.6 Å². The molecule has 0 aliphatic carbocycles. The van der Waals surface area contributed by atoms with E-state index in [9.17, 15) is 9.59 Å². The number of nitrogens with zero attached hydrogens (tertiary/aromatic N) is 1. The van der Waals surface area contributed by atoms with E-state index in [0.29, 0.717) is 13.0 Å². The number of amides is 1. The summed E-state index contributed by atoms with van der Waals surface area (Å²) in [7, 11) is 0. The molecule has 1 unspecified atom stereocenters. The van der Waals surface area contributed by atoms with E-state index in [1.165, 1.54) is 0 Å². The molecule has 0 aromatic rings. The fourth-order valence-electron chi connectivity index (χ4n) is 1.32. The van der Waals surface area contributed by atoms with Gasteiger partial charge in [0.15, 0.2) is 5.78 Å². The largest absolute Gasteiger partial charge is 0.465 e. The van der Waals surface area contributed by atoms with Crippen LogP contribution in [0.15, 0.2) is 0 Å². The van der Waals surface area contributed by atoms with E-state index in [2.05, 4.69) is 0 Å². The lowest BCUT2D eigenvalue weighted by Gasteiger charge is -2.40. The number of carbonyl (C=O) groups excluding carboxylic acids is 1. The minimum absolute atomic E-state index is 0.207. The van der Waals surface area contributed by atoms with E-state index < -0.39 is 17.7 Å². The first-order chi connectivity index (χ1) is 5.84. The minimum Gasteiger partial charge on any atom is -0.465 e. The summed E-state index contributed by atoms with van der Waals surface area (Å²) in [5.41, 5.74) is 4.64. The average Bonchev–Trinajstić information content (AvgIpc) is 1.80. The van der Waals surface area contributed by atoms with Gasteiger partial charge < -0.3 is 10.8 Å². The Kier molecular flexibility index (Phi) is 2.30. The van der Waals surface area contributed by atoms with Crippen LogP contribution in [0, 0.1) is 0 Å². The predicted octanol–water partition coefficient (Wildman–Crippen LogP) is 0.0451. The Morgan fingerprint density at radius 1 is 1.54 bits per heavy atom. The highest BCUT2D eigenvalue weighted by atomic mass is 16.4. The Bertz CT molecular complexity index is 244. The van der Waals surface area contributed by atoms with Crippen molar-refractivity contribution < 1.29 is 14.7 Å². The van der Waals surface area contributed by atoms with E-state index in [1.54, 1.807) is 13.8 Å². The number of likely N-dealkylation sites (tertiary alicyclic amines) is 1. The highest BCUT2D eigenvalue weighted by Gasteiger charge is 2.42. The van der Waals surface area contributed by atoms with Crippen molar-refractivity contribution in [1.82, 2.24) is 4.90 Å². The third-order valence-corrected chi connectivity index (χ3v) is 2.20. The van der Waals surface area contributed by atoms with Crippen molar-refractivity contribution in [2.24, 2.45) is 5.73 Å². The van der Waals surface area contributed by atoms with Crippen LogP contribution >= 0.6 is 0 Å². The van der Waals surface area contributed by atoms with E-state index in [4.69, 9.17) is 10.8 Å². The zero-order chi connectivity index (χ0) is 10.2. The van der Waals surface area contributed by atoms with Gasteiger partial charge >= 0.3 is 6.09 Å². The molecule has 0 aromatic heterocycles. The monoisotopic (exact) mass is 186 g/mol. The highest BCUT2D eigenvalue weighted by molar-refractivity contribution is 5.95. The maximum atomic E-state index is 11.5. The molecule has 0 bridgehead atoms. The van der Waals surface area contributed by atoms with Crippen molar-refractivity contribution >= 4 is 11.9 Å². The average molecular weight is 186 g/mol. The molecular weight excluding hydrogens is 172 g/mol. The third kappa shape index (κ3) is 1.80. The summed E-state index contributed by atoms with van der Waals surface area (Å²) in [6.45, 7) is 3.61. The van der Waals surface area contributed by atoms with Crippen LogP contribution in [0.4, 0.5) is 4.79 Å². The zero-order valence-electron chi connectivity index (χ0n) is 7.78. The molecule has 5 heteroatoms. The summed E-state index contributed by atoms with van der Waals surface area (Å²) in [6.07, 6.45) is -0.458. The number of carboxylic acid groups (broad SMARTS) is 1. The normalized spacial score (nSPS) is 22.4. The number of Topliss-reactive ketones (excluding diaryl/α,β-unsaturated/α-hetero) is 1. The molecule has 1 aliphatic rings. The fraction of sp³-hybridized carbons (Fsp3) is 0.750. The first kappa shape index (κ1) is 9.98. The molecule has 1 fully saturated rings. The van der Waals surface area contributed by atoms with Crippen LogP contribution in [-0.2, 0) is 4.79 Å². The lowest BCUT2D eigenvalue weighted by molar-refractivity contribution is -0.131. The number of hydrogen-bond acceptors (Lipinski definition) is 3. The Balaban J connectivity index is 2.65. The molecule has 3 N–H and O–H groups in total. The highest BCUT2D eigenvalue weighted by Crippen LogP contribution is 2.21. The van der Waals surface area contributed by atoms with E-state index in [1.807, 2.05) is 0 Å². The Morgan fingerprint density at radius 2 is 2.08 bits per heavy atom. The van der Waals surface area contributed by atoms with E-state index >= 15 is 0 Å². The summed E-state index contributed by atoms with van der Waals surface area (Å²) in [5.74, 6) is -0.207. The van der Waals surface area contributed by atoms with Crippen LogP contribution in [0.2, 0.25) is 0 Å². The molecule has 1 atom stereocenters. The SMILES string of the molecule is CC(C)(N)C(=O)C1CCN1C(=O)O. The van der Waals surface area contributed by atoms with Crippen molar-refractivity contribution in [3.8, 4) is 0 Å². The number of rotatable bonds is 2. The van der Waals surface area contributed by atoms with Crippen molar-refractivity contribution in [3.63, 3.8) is 0 Å². The number of nitrogens with two attached hydrogens (primary N) is 1.